The SMILES string of the molecule is CC1CC(c2cc(Nc3ncnc4cc(OCc5ncco5)cnc34)cc(F)c2F)N=C(N)S1. The first-order valence-corrected chi connectivity index (χ1v) is 11.2. The Morgan fingerprint density at radius 3 is 2.88 bits per heavy atom. The van der Waals surface area contributed by atoms with Gasteiger partial charge in [-0.05, 0) is 12.5 Å². The fraction of sp³-hybridized carbons (Fsp3) is 0.227. The molecule has 5 rings (SSSR count). The highest BCUT2D eigenvalue weighted by Crippen LogP contribution is 2.36. The Balaban J connectivity index is 1.42. The maximum Gasteiger partial charge on any atom is 0.232 e. The van der Waals surface area contributed by atoms with E-state index < -0.39 is 17.7 Å². The summed E-state index contributed by atoms with van der Waals surface area (Å²) in [5.74, 6) is -0.712. The van der Waals surface area contributed by atoms with E-state index in [-0.39, 0.29) is 17.4 Å². The molecule has 0 saturated heterocycles. The highest BCUT2D eigenvalue weighted by molar-refractivity contribution is 8.14. The van der Waals surface area contributed by atoms with Gasteiger partial charge < -0.3 is 20.2 Å². The topological polar surface area (TPSA) is 124 Å². The lowest BCUT2D eigenvalue weighted by atomic mass is 10.0. The van der Waals surface area contributed by atoms with Gasteiger partial charge >= 0.3 is 0 Å². The van der Waals surface area contributed by atoms with Crippen molar-refractivity contribution in [3.63, 3.8) is 0 Å². The van der Waals surface area contributed by atoms with E-state index in [2.05, 4.69) is 30.2 Å². The van der Waals surface area contributed by atoms with Crippen LogP contribution in [0, 0.1) is 11.6 Å². The van der Waals surface area contributed by atoms with Crippen LogP contribution in [0.5, 0.6) is 5.75 Å². The molecule has 0 bridgehead atoms. The summed E-state index contributed by atoms with van der Waals surface area (Å²) < 4.78 is 39.9. The number of nitrogens with zero attached hydrogens (tertiary/aromatic N) is 5. The molecule has 174 valence electrons. The number of benzene rings is 1. The second kappa shape index (κ2) is 9.21. The lowest BCUT2D eigenvalue weighted by molar-refractivity contribution is 0.262. The summed E-state index contributed by atoms with van der Waals surface area (Å²) in [5, 5.41) is 3.51. The van der Waals surface area contributed by atoms with Gasteiger partial charge in [0.15, 0.2) is 29.2 Å². The molecular formula is C22H19F2N7O2S. The Bertz CT molecular complexity index is 1370. The van der Waals surface area contributed by atoms with Crippen LogP contribution in [0.25, 0.3) is 11.0 Å². The number of fused-ring (bicyclic) bond motifs is 1. The van der Waals surface area contributed by atoms with Gasteiger partial charge in [0.05, 0.1) is 24.0 Å². The molecule has 0 amide bonds. The van der Waals surface area contributed by atoms with Crippen molar-refractivity contribution in [3.05, 3.63) is 66.3 Å². The molecule has 0 radical (unpaired) electrons. The molecule has 1 aliphatic heterocycles. The van der Waals surface area contributed by atoms with Crippen molar-refractivity contribution in [3.8, 4) is 5.75 Å². The molecule has 0 fully saturated rings. The Morgan fingerprint density at radius 2 is 2.09 bits per heavy atom. The molecule has 4 heterocycles. The number of thioether (sulfide) groups is 1. The number of hydrogen-bond donors (Lipinski definition) is 2. The van der Waals surface area contributed by atoms with E-state index >= 15 is 0 Å². The Kier molecular flexibility index (Phi) is 5.97. The predicted octanol–water partition coefficient (Wildman–Crippen LogP) is 4.49. The largest absolute Gasteiger partial charge is 0.482 e. The molecule has 0 spiro atoms. The van der Waals surface area contributed by atoms with Crippen molar-refractivity contribution in [2.24, 2.45) is 10.7 Å². The highest BCUT2D eigenvalue weighted by atomic mass is 32.2. The standard InChI is InChI=1S/C22H19F2N7O2S/c1-11-4-16(31-22(25)34-11)14-5-12(6-15(23)19(14)24)30-21-20-17(28-10-29-21)7-13(8-27-20)33-9-18-26-2-3-32-18/h2-3,5-8,10-11,16H,4,9H2,1H3,(H2,25,31)(H,28,29,30). The number of nitrogens with one attached hydrogen (secondary N) is 1. The Labute approximate surface area is 196 Å². The predicted molar refractivity (Wildman–Crippen MR) is 124 cm³/mol. The summed E-state index contributed by atoms with van der Waals surface area (Å²) in [5.41, 5.74) is 7.23. The third-order valence-electron chi connectivity index (χ3n) is 5.13. The van der Waals surface area contributed by atoms with Crippen LogP contribution >= 0.6 is 11.8 Å². The Hall–Kier alpha value is -3.80. The minimum Gasteiger partial charge on any atom is -0.482 e. The summed E-state index contributed by atoms with van der Waals surface area (Å²) in [6.07, 6.45) is 6.38. The number of aliphatic imine (C=N–C) groups is 1. The molecule has 12 heteroatoms. The van der Waals surface area contributed by atoms with Crippen molar-refractivity contribution in [2.75, 3.05) is 5.32 Å². The Morgan fingerprint density at radius 1 is 1.21 bits per heavy atom. The van der Waals surface area contributed by atoms with Crippen LogP contribution in [-0.4, -0.2) is 30.4 Å². The van der Waals surface area contributed by atoms with Crippen molar-refractivity contribution in [1.29, 1.82) is 0 Å². The average Bonchev–Trinajstić information content (AvgIpc) is 3.33. The molecule has 2 unspecified atom stereocenters. The average molecular weight is 484 g/mol. The number of halogens is 2. The van der Waals surface area contributed by atoms with Crippen LogP contribution in [0.15, 0.2) is 52.6 Å². The van der Waals surface area contributed by atoms with Gasteiger partial charge in [0.1, 0.15) is 23.9 Å². The molecule has 1 aliphatic rings. The van der Waals surface area contributed by atoms with Crippen LogP contribution in [0.4, 0.5) is 20.3 Å². The number of pyridine rings is 1. The third-order valence-corrected chi connectivity index (χ3v) is 6.08. The third kappa shape index (κ3) is 4.62. The number of amidine groups is 1. The van der Waals surface area contributed by atoms with Gasteiger partial charge in [0.2, 0.25) is 5.89 Å². The summed E-state index contributed by atoms with van der Waals surface area (Å²) >= 11 is 1.41. The minimum atomic E-state index is -0.992. The van der Waals surface area contributed by atoms with Gasteiger partial charge in [0.25, 0.3) is 0 Å². The van der Waals surface area contributed by atoms with E-state index in [1.165, 1.54) is 42.8 Å². The number of rotatable bonds is 6. The molecule has 3 aromatic heterocycles. The van der Waals surface area contributed by atoms with E-state index in [0.717, 1.165) is 6.07 Å². The first-order valence-electron chi connectivity index (χ1n) is 10.3. The lowest BCUT2D eigenvalue weighted by Gasteiger charge is -2.24. The van der Waals surface area contributed by atoms with Gasteiger partial charge in [-0.1, -0.05) is 18.7 Å². The first-order chi connectivity index (χ1) is 16.5. The maximum absolute atomic E-state index is 14.6. The number of hydrogen-bond acceptors (Lipinski definition) is 10. The van der Waals surface area contributed by atoms with Crippen molar-refractivity contribution in [2.45, 2.75) is 31.2 Å². The van der Waals surface area contributed by atoms with E-state index in [9.17, 15) is 8.78 Å². The quantitative estimate of drug-likeness (QED) is 0.408. The van der Waals surface area contributed by atoms with Crippen LogP contribution < -0.4 is 15.8 Å². The number of nitrogens with two attached hydrogens (primary N) is 1. The zero-order chi connectivity index (χ0) is 23.7. The zero-order valence-electron chi connectivity index (χ0n) is 17.9. The number of ether oxygens (including phenoxy) is 1. The molecule has 3 N–H and O–H groups in total. The van der Waals surface area contributed by atoms with E-state index in [0.29, 0.717) is 45.8 Å². The second-order valence-corrected chi connectivity index (χ2v) is 9.07. The van der Waals surface area contributed by atoms with Crippen LogP contribution in [0.3, 0.4) is 0 Å². The number of oxazole rings is 1. The van der Waals surface area contributed by atoms with E-state index in [1.54, 1.807) is 6.07 Å². The molecule has 34 heavy (non-hydrogen) atoms. The highest BCUT2D eigenvalue weighted by Gasteiger charge is 2.26. The fourth-order valence-corrected chi connectivity index (χ4v) is 4.51. The van der Waals surface area contributed by atoms with Gasteiger partial charge in [-0.25, -0.2) is 28.7 Å². The first kappa shape index (κ1) is 22.0. The van der Waals surface area contributed by atoms with Crippen LogP contribution in [0.2, 0.25) is 0 Å². The van der Waals surface area contributed by atoms with Gasteiger partial charge in [-0.15, -0.1) is 0 Å². The lowest BCUT2D eigenvalue weighted by Crippen LogP contribution is -2.21. The molecule has 2 atom stereocenters. The summed E-state index contributed by atoms with van der Waals surface area (Å²) in [4.78, 5) is 21.1. The molecule has 9 nitrogen and oxygen atoms in total. The molecular weight excluding hydrogens is 464 g/mol. The molecule has 4 aromatic rings. The summed E-state index contributed by atoms with van der Waals surface area (Å²) in [6, 6.07) is 3.70. The van der Waals surface area contributed by atoms with E-state index in [4.69, 9.17) is 14.9 Å². The van der Waals surface area contributed by atoms with Gasteiger partial charge in [-0.2, -0.15) is 0 Å². The molecule has 1 aromatic carbocycles. The van der Waals surface area contributed by atoms with Crippen molar-refractivity contribution in [1.82, 2.24) is 19.9 Å². The maximum atomic E-state index is 14.6. The smallest absolute Gasteiger partial charge is 0.232 e. The normalized spacial score (nSPS) is 18.0. The van der Waals surface area contributed by atoms with Gasteiger partial charge in [-0.3, -0.25) is 4.99 Å². The summed E-state index contributed by atoms with van der Waals surface area (Å²) in [7, 11) is 0. The second-order valence-electron chi connectivity index (χ2n) is 7.61. The molecule has 0 saturated carbocycles. The zero-order valence-corrected chi connectivity index (χ0v) is 18.7. The molecule has 0 aliphatic carbocycles. The minimum absolute atomic E-state index is 0.131. The monoisotopic (exact) mass is 483 g/mol. The fourth-order valence-electron chi connectivity index (χ4n) is 3.63. The number of aromatic nitrogens is 4. The van der Waals surface area contributed by atoms with Gasteiger partial charge in [0, 0.05) is 28.6 Å². The van der Waals surface area contributed by atoms with Crippen LogP contribution in [-0.2, 0) is 6.61 Å². The van der Waals surface area contributed by atoms with Crippen molar-refractivity contribution >= 4 is 39.5 Å². The van der Waals surface area contributed by atoms with Crippen molar-refractivity contribution < 1.29 is 17.9 Å². The number of anilines is 2. The van der Waals surface area contributed by atoms with E-state index in [1.807, 2.05) is 6.92 Å². The summed E-state index contributed by atoms with van der Waals surface area (Å²) in [6.45, 7) is 2.11. The van der Waals surface area contributed by atoms with Crippen LogP contribution in [0.1, 0.15) is 30.8 Å².